The summed E-state index contributed by atoms with van der Waals surface area (Å²) in [5, 5.41) is 0.191. The standard InChI is InChI=1S/C18H28O3S.C6H15O3PS2/c1-3-4-5-6-7-8-11-22(19)15(2)12-16-9-10-17-18(13-16)21-14-20-17;1-4-11-5-6-12-10(7,8-2)9-3/h9-10,13,15H,3-8,11-12,14H2,1-2H3;4-6H2,1-3H3. The smallest absolute Gasteiger partial charge is 0.388 e. The second kappa shape index (κ2) is 19.1. The molecule has 1 aliphatic heterocycles. The highest BCUT2D eigenvalue weighted by atomic mass is 32.7. The minimum absolute atomic E-state index is 0.191. The molecule has 0 aliphatic carbocycles. The van der Waals surface area contributed by atoms with Gasteiger partial charge in [0.2, 0.25) is 6.79 Å². The quantitative estimate of drug-likeness (QED) is 0.113. The highest BCUT2D eigenvalue weighted by Gasteiger charge is 2.21. The van der Waals surface area contributed by atoms with E-state index in [2.05, 4.69) is 20.8 Å². The fourth-order valence-corrected chi connectivity index (χ4v) is 8.14. The van der Waals surface area contributed by atoms with E-state index in [-0.39, 0.29) is 5.25 Å². The first-order chi connectivity index (χ1) is 16.4. The number of benzene rings is 1. The Kier molecular flexibility index (Phi) is 18.0. The van der Waals surface area contributed by atoms with Crippen LogP contribution in [0.1, 0.15) is 64.9 Å². The molecule has 0 aromatic heterocycles. The van der Waals surface area contributed by atoms with Gasteiger partial charge in [-0.3, -0.25) is 0 Å². The maximum atomic E-state index is 12.3. The summed E-state index contributed by atoms with van der Waals surface area (Å²) in [6.45, 7) is 3.89. The molecular formula is C24H43O6PS3. The van der Waals surface area contributed by atoms with Crippen molar-refractivity contribution in [3.8, 4) is 11.5 Å². The predicted molar refractivity (Wildman–Crippen MR) is 149 cm³/mol. The predicted octanol–water partition coefficient (Wildman–Crippen LogP) is 7.33. The third-order valence-electron chi connectivity index (χ3n) is 5.24. The maximum absolute atomic E-state index is 12.3. The summed E-state index contributed by atoms with van der Waals surface area (Å²) < 4.78 is 44.0. The molecule has 0 bridgehead atoms. The van der Waals surface area contributed by atoms with E-state index >= 15 is 0 Å². The lowest BCUT2D eigenvalue weighted by molar-refractivity contribution is 0.174. The van der Waals surface area contributed by atoms with Crippen LogP contribution in [0.15, 0.2) is 18.2 Å². The molecule has 198 valence electrons. The number of hydrogen-bond donors (Lipinski definition) is 0. The van der Waals surface area contributed by atoms with Crippen molar-refractivity contribution in [2.45, 2.75) is 71.0 Å². The van der Waals surface area contributed by atoms with E-state index < -0.39 is 18.0 Å². The summed E-state index contributed by atoms with van der Waals surface area (Å²) in [4.78, 5) is 0. The van der Waals surface area contributed by atoms with E-state index in [9.17, 15) is 9.12 Å². The van der Waals surface area contributed by atoms with Gasteiger partial charge in [0.05, 0.1) is 0 Å². The molecular weight excluding hydrogens is 511 g/mol. The lowest BCUT2D eigenvalue weighted by Gasteiger charge is -2.18. The topological polar surface area (TPSA) is 77.0 Å². The highest BCUT2D eigenvalue weighted by Crippen LogP contribution is 2.59. The molecule has 2 rings (SSSR count). The molecule has 1 aliphatic rings. The van der Waals surface area contributed by atoms with E-state index in [0.29, 0.717) is 6.79 Å². The molecule has 0 spiro atoms. The first kappa shape index (κ1) is 32.0. The fourth-order valence-electron chi connectivity index (χ4n) is 3.25. The van der Waals surface area contributed by atoms with Gasteiger partial charge in [-0.2, -0.15) is 11.8 Å². The summed E-state index contributed by atoms with van der Waals surface area (Å²) in [7, 11) is 2.81. The van der Waals surface area contributed by atoms with Gasteiger partial charge in [-0.1, -0.05) is 56.8 Å². The number of unbranched alkanes of at least 4 members (excludes halogenated alkanes) is 5. The minimum atomic E-state index is -2.82. The molecule has 2 unspecified atom stereocenters. The first-order valence-corrected chi connectivity index (χ1v) is 17.8. The van der Waals surface area contributed by atoms with Crippen LogP contribution in [0.2, 0.25) is 0 Å². The van der Waals surface area contributed by atoms with Gasteiger partial charge in [-0.15, -0.1) is 0 Å². The van der Waals surface area contributed by atoms with Gasteiger partial charge in [0.25, 0.3) is 0 Å². The molecule has 34 heavy (non-hydrogen) atoms. The number of rotatable bonds is 17. The average Bonchev–Trinajstić information content (AvgIpc) is 3.32. The molecule has 0 N–H and O–H groups in total. The van der Waals surface area contributed by atoms with Crippen molar-refractivity contribution in [3.05, 3.63) is 23.8 Å². The lowest BCUT2D eigenvalue weighted by Crippen LogP contribution is -2.23. The van der Waals surface area contributed by atoms with E-state index in [0.717, 1.165) is 47.4 Å². The Morgan fingerprint density at radius 2 is 1.74 bits per heavy atom. The Morgan fingerprint density at radius 3 is 2.41 bits per heavy atom. The van der Waals surface area contributed by atoms with Crippen LogP contribution in [-0.2, 0) is 31.2 Å². The summed E-state index contributed by atoms with van der Waals surface area (Å²) in [6.07, 6.45) is 8.32. The van der Waals surface area contributed by atoms with Crippen molar-refractivity contribution in [3.63, 3.8) is 0 Å². The van der Waals surface area contributed by atoms with Crippen molar-refractivity contribution in [1.82, 2.24) is 0 Å². The molecule has 2 atom stereocenters. The normalized spacial score (nSPS) is 14.4. The van der Waals surface area contributed by atoms with Crippen LogP contribution in [0.5, 0.6) is 11.5 Å². The third kappa shape index (κ3) is 13.3. The van der Waals surface area contributed by atoms with Crippen molar-refractivity contribution in [2.24, 2.45) is 0 Å². The lowest BCUT2D eigenvalue weighted by atomic mass is 10.1. The van der Waals surface area contributed by atoms with Crippen LogP contribution >= 0.6 is 29.9 Å². The zero-order valence-corrected chi connectivity index (χ0v) is 24.8. The highest BCUT2D eigenvalue weighted by molar-refractivity contribution is 8.55. The Morgan fingerprint density at radius 1 is 1.06 bits per heavy atom. The SMILES string of the molecule is CCCCCCCC[S+]([O-])C(C)Cc1ccc2c(c1)OCO2.CCSCCSP(=O)(OC)OC. The summed E-state index contributed by atoms with van der Waals surface area (Å²) in [6, 6.07) is 6.01. The molecule has 0 fully saturated rings. The monoisotopic (exact) mass is 554 g/mol. The van der Waals surface area contributed by atoms with E-state index in [4.69, 9.17) is 18.5 Å². The second-order valence-corrected chi connectivity index (χ2v) is 15.7. The van der Waals surface area contributed by atoms with Crippen molar-refractivity contribution in [2.75, 3.05) is 44.0 Å². The van der Waals surface area contributed by atoms with Crippen LogP contribution in [0.4, 0.5) is 0 Å². The second-order valence-electron chi connectivity index (χ2n) is 7.90. The summed E-state index contributed by atoms with van der Waals surface area (Å²) >= 11 is 2.33. The number of ether oxygens (including phenoxy) is 2. The third-order valence-corrected chi connectivity index (χ3v) is 12.1. The Bertz CT molecular complexity index is 701. The van der Waals surface area contributed by atoms with E-state index in [1.54, 1.807) is 0 Å². The minimum Gasteiger partial charge on any atom is -0.616 e. The number of thioether (sulfide) groups is 1. The van der Waals surface area contributed by atoms with E-state index in [1.165, 1.54) is 63.3 Å². The van der Waals surface area contributed by atoms with Crippen LogP contribution in [0.25, 0.3) is 0 Å². The van der Waals surface area contributed by atoms with Gasteiger partial charge in [-0.25, -0.2) is 4.57 Å². The zero-order valence-electron chi connectivity index (χ0n) is 21.4. The molecule has 10 heteroatoms. The number of fused-ring (bicyclic) bond motifs is 1. The molecule has 0 amide bonds. The molecule has 0 saturated heterocycles. The van der Waals surface area contributed by atoms with Crippen LogP contribution < -0.4 is 9.47 Å². The Balaban J connectivity index is 0.000000411. The van der Waals surface area contributed by atoms with Crippen LogP contribution in [0.3, 0.4) is 0 Å². The Labute approximate surface area is 218 Å². The molecule has 1 aromatic rings. The van der Waals surface area contributed by atoms with Crippen molar-refractivity contribution in [1.29, 1.82) is 0 Å². The zero-order chi connectivity index (χ0) is 25.2. The largest absolute Gasteiger partial charge is 0.616 e. The summed E-state index contributed by atoms with van der Waals surface area (Å²) in [5.74, 6) is 5.33. The van der Waals surface area contributed by atoms with Gasteiger partial charge in [0.1, 0.15) is 11.0 Å². The molecule has 0 radical (unpaired) electrons. The Hall–Kier alpha value is -0.0200. The average molecular weight is 555 g/mol. The van der Waals surface area contributed by atoms with Gasteiger partial charge in [-0.05, 0) is 54.6 Å². The maximum Gasteiger partial charge on any atom is 0.388 e. The van der Waals surface area contributed by atoms with Gasteiger partial charge < -0.3 is 23.1 Å². The fraction of sp³-hybridized carbons (Fsp3) is 0.750. The number of hydrogen-bond acceptors (Lipinski definition) is 8. The molecule has 1 heterocycles. The van der Waals surface area contributed by atoms with Gasteiger partial charge >= 0.3 is 6.80 Å². The molecule has 0 saturated carbocycles. The van der Waals surface area contributed by atoms with Gasteiger partial charge in [0, 0.05) is 32.1 Å². The van der Waals surface area contributed by atoms with Gasteiger partial charge in [0.15, 0.2) is 11.5 Å². The molecule has 1 aromatic carbocycles. The van der Waals surface area contributed by atoms with E-state index in [1.807, 2.05) is 30.0 Å². The summed E-state index contributed by atoms with van der Waals surface area (Å²) in [5.41, 5.74) is 1.17. The first-order valence-electron chi connectivity index (χ1n) is 12.1. The van der Waals surface area contributed by atoms with Crippen molar-refractivity contribution < 1.29 is 27.6 Å². The molecule has 6 nitrogen and oxygen atoms in total. The van der Waals surface area contributed by atoms with Crippen LogP contribution in [-0.4, -0.2) is 53.8 Å². The van der Waals surface area contributed by atoms with Crippen LogP contribution in [0, 0.1) is 0 Å². The van der Waals surface area contributed by atoms with Crippen molar-refractivity contribution >= 4 is 41.1 Å².